The largest absolute Gasteiger partial charge is 0.508 e. The molecule has 0 unspecified atom stereocenters. The summed E-state index contributed by atoms with van der Waals surface area (Å²) in [7, 11) is 0. The Morgan fingerprint density at radius 1 is 0.581 bits per heavy atom. The van der Waals surface area contributed by atoms with Crippen molar-refractivity contribution >= 4 is 0 Å². The molecule has 0 saturated heterocycles. The van der Waals surface area contributed by atoms with Crippen LogP contribution in [-0.2, 0) is 6.42 Å². The Bertz CT molecular complexity index is 1750. The Balaban J connectivity index is 1.48. The molecule has 0 spiro atoms. The van der Waals surface area contributed by atoms with Gasteiger partial charge in [0.1, 0.15) is 29.1 Å². The van der Waals surface area contributed by atoms with Gasteiger partial charge >= 0.3 is 0 Å². The van der Waals surface area contributed by atoms with Crippen LogP contribution in [-0.4, -0.2) is 68.4 Å². The third kappa shape index (κ3) is 4.42. The van der Waals surface area contributed by atoms with Gasteiger partial charge in [-0.3, -0.25) is 0 Å². The predicted molar refractivity (Wildman–Crippen MR) is 145 cm³/mol. The molecule has 43 heavy (non-hydrogen) atoms. The van der Waals surface area contributed by atoms with Crippen molar-refractivity contribution in [2.24, 2.45) is 0 Å². The van der Waals surface area contributed by atoms with E-state index in [2.05, 4.69) is 0 Å². The molecule has 0 bridgehead atoms. The van der Waals surface area contributed by atoms with Crippen molar-refractivity contribution in [3.8, 4) is 63.2 Å². The fourth-order valence-electron chi connectivity index (χ4n) is 5.76. The molecule has 0 amide bonds. The van der Waals surface area contributed by atoms with E-state index in [4.69, 9.17) is 9.47 Å². The minimum absolute atomic E-state index is 0.0146. The number of phenolic OH excluding ortho intramolecular Hbond substituents is 9. The van der Waals surface area contributed by atoms with Crippen molar-refractivity contribution in [1.82, 2.24) is 0 Å². The summed E-state index contributed by atoms with van der Waals surface area (Å²) in [5.41, 5.74) is 0.0373. The molecule has 13 heteroatoms. The molecule has 13 nitrogen and oxygen atoms in total. The standard InChI is InChI=1S/C30H26O13/c31-12-6-17(34)24-22(7-12)42-29(11-4-18(35)26(40)19(36)5-11)27(41)23(24)13-8-21(38)30-14(25(13)39)9-20(37)28(43-30)10-1-2-15(32)16(33)3-10/h1-8,20,23,27-29,31-41H,9H2/t20-,23+,27-,28-,29+/m0/s1. The molecule has 4 aromatic rings. The summed E-state index contributed by atoms with van der Waals surface area (Å²) in [6, 6.07) is 9.08. The minimum Gasteiger partial charge on any atom is -0.508 e. The second kappa shape index (κ2) is 9.86. The average Bonchev–Trinajstić information content (AvgIpc) is 2.95. The summed E-state index contributed by atoms with van der Waals surface area (Å²) in [6.45, 7) is 0. The summed E-state index contributed by atoms with van der Waals surface area (Å²) in [4.78, 5) is 0. The number of ether oxygens (including phenoxy) is 2. The quantitative estimate of drug-likeness (QED) is 0.121. The average molecular weight is 595 g/mol. The van der Waals surface area contributed by atoms with E-state index in [1.807, 2.05) is 0 Å². The smallest absolute Gasteiger partial charge is 0.200 e. The molecule has 0 fully saturated rings. The van der Waals surface area contributed by atoms with Gasteiger partial charge < -0.3 is 65.6 Å². The highest BCUT2D eigenvalue weighted by Gasteiger charge is 2.44. The number of aliphatic hydroxyl groups is 2. The number of aromatic hydroxyl groups is 9. The normalized spacial score (nSPS) is 22.6. The zero-order valence-electron chi connectivity index (χ0n) is 21.9. The highest BCUT2D eigenvalue weighted by atomic mass is 16.5. The van der Waals surface area contributed by atoms with E-state index in [1.165, 1.54) is 18.2 Å². The van der Waals surface area contributed by atoms with Crippen molar-refractivity contribution in [1.29, 1.82) is 0 Å². The lowest BCUT2D eigenvalue weighted by atomic mass is 9.78. The molecule has 0 radical (unpaired) electrons. The minimum atomic E-state index is -1.67. The highest BCUT2D eigenvalue weighted by molar-refractivity contribution is 5.65. The van der Waals surface area contributed by atoms with Crippen LogP contribution in [0.2, 0.25) is 0 Å². The third-order valence-corrected chi connectivity index (χ3v) is 7.77. The van der Waals surface area contributed by atoms with Crippen LogP contribution in [0.1, 0.15) is 45.9 Å². The Labute approximate surface area is 242 Å². The van der Waals surface area contributed by atoms with Crippen molar-refractivity contribution in [2.75, 3.05) is 0 Å². The van der Waals surface area contributed by atoms with Crippen LogP contribution in [0.25, 0.3) is 0 Å². The molecule has 0 aromatic heterocycles. The van der Waals surface area contributed by atoms with Crippen LogP contribution in [0, 0.1) is 0 Å². The first-order chi connectivity index (χ1) is 20.3. The van der Waals surface area contributed by atoms with Crippen LogP contribution < -0.4 is 9.47 Å². The van der Waals surface area contributed by atoms with Crippen molar-refractivity contribution < 1.29 is 65.6 Å². The lowest BCUT2D eigenvalue weighted by Gasteiger charge is -2.39. The number of rotatable bonds is 3. The van der Waals surface area contributed by atoms with Crippen LogP contribution in [0.3, 0.4) is 0 Å². The lowest BCUT2D eigenvalue weighted by Crippen LogP contribution is -2.35. The number of aliphatic hydroxyl groups excluding tert-OH is 2. The van der Waals surface area contributed by atoms with Gasteiger partial charge in [-0.2, -0.15) is 0 Å². The number of hydrogen-bond donors (Lipinski definition) is 11. The zero-order chi connectivity index (χ0) is 30.9. The van der Waals surface area contributed by atoms with Gasteiger partial charge in [-0.25, -0.2) is 0 Å². The Morgan fingerprint density at radius 2 is 1.26 bits per heavy atom. The highest BCUT2D eigenvalue weighted by Crippen LogP contribution is 2.56. The van der Waals surface area contributed by atoms with Gasteiger partial charge in [-0.1, -0.05) is 6.07 Å². The van der Waals surface area contributed by atoms with Crippen molar-refractivity contribution in [3.63, 3.8) is 0 Å². The van der Waals surface area contributed by atoms with E-state index in [1.54, 1.807) is 0 Å². The number of phenols is 9. The van der Waals surface area contributed by atoms with E-state index < -0.39 is 76.3 Å². The topological polar surface area (TPSA) is 241 Å². The molecule has 5 atom stereocenters. The summed E-state index contributed by atoms with van der Waals surface area (Å²) < 4.78 is 11.7. The van der Waals surface area contributed by atoms with Gasteiger partial charge in [-0.05, 0) is 35.9 Å². The monoisotopic (exact) mass is 594 g/mol. The maximum Gasteiger partial charge on any atom is 0.200 e. The number of benzene rings is 4. The molecule has 224 valence electrons. The van der Waals surface area contributed by atoms with Crippen LogP contribution in [0.4, 0.5) is 0 Å². The molecule has 0 saturated carbocycles. The predicted octanol–water partition coefficient (Wildman–Crippen LogP) is 2.70. The first-order valence-electron chi connectivity index (χ1n) is 12.9. The summed E-state index contributed by atoms with van der Waals surface area (Å²) in [6.07, 6.45) is -5.73. The molecule has 11 N–H and O–H groups in total. The molecular weight excluding hydrogens is 568 g/mol. The molecular formula is C30H26O13. The Hall–Kier alpha value is -5.40. The van der Waals surface area contributed by atoms with Crippen molar-refractivity contribution in [2.45, 2.75) is 36.8 Å². The van der Waals surface area contributed by atoms with E-state index in [0.29, 0.717) is 0 Å². The molecule has 6 rings (SSSR count). The van der Waals surface area contributed by atoms with E-state index >= 15 is 0 Å². The Kier molecular flexibility index (Phi) is 6.36. The summed E-state index contributed by atoms with van der Waals surface area (Å²) >= 11 is 0. The first-order valence-corrected chi connectivity index (χ1v) is 12.9. The van der Waals surface area contributed by atoms with Crippen LogP contribution in [0.5, 0.6) is 63.2 Å². The Morgan fingerprint density at radius 3 is 1.93 bits per heavy atom. The van der Waals surface area contributed by atoms with Gasteiger partial charge in [0.15, 0.2) is 52.5 Å². The molecule has 4 aromatic carbocycles. The SMILES string of the molecule is Oc1cc(O)c2c(c1)O[C@H](c1cc(O)c(O)c(O)c1)[C@@H](O)[C@@H]2c1cc(O)c2c(c1O)C[C@H](O)[C@H](c1ccc(O)c(O)c1)O2. The maximum absolute atomic E-state index is 11.6. The van der Waals surface area contributed by atoms with Crippen LogP contribution >= 0.6 is 0 Å². The van der Waals surface area contributed by atoms with Gasteiger partial charge in [0.25, 0.3) is 0 Å². The van der Waals surface area contributed by atoms with Gasteiger partial charge in [0.2, 0.25) is 0 Å². The molecule has 2 aliphatic rings. The second-order valence-corrected chi connectivity index (χ2v) is 10.5. The van der Waals surface area contributed by atoms with Crippen LogP contribution in [0.15, 0.2) is 48.5 Å². The fraction of sp³-hybridized carbons (Fsp3) is 0.200. The fourth-order valence-corrected chi connectivity index (χ4v) is 5.76. The van der Waals surface area contributed by atoms with Gasteiger partial charge in [0, 0.05) is 40.8 Å². The number of hydrogen-bond acceptors (Lipinski definition) is 13. The van der Waals surface area contributed by atoms with Gasteiger partial charge in [-0.15, -0.1) is 0 Å². The van der Waals surface area contributed by atoms with Crippen molar-refractivity contribution in [3.05, 3.63) is 76.3 Å². The molecule has 2 aliphatic heterocycles. The van der Waals surface area contributed by atoms with Gasteiger partial charge in [0.05, 0.1) is 12.0 Å². The van der Waals surface area contributed by atoms with E-state index in [9.17, 15) is 56.2 Å². The maximum atomic E-state index is 11.6. The zero-order valence-corrected chi connectivity index (χ0v) is 21.9. The number of fused-ring (bicyclic) bond motifs is 2. The molecule has 0 aliphatic carbocycles. The lowest BCUT2D eigenvalue weighted by molar-refractivity contribution is 0.00596. The summed E-state index contributed by atoms with van der Waals surface area (Å²) in [5, 5.41) is 115. The van der Waals surface area contributed by atoms with E-state index in [-0.39, 0.29) is 51.5 Å². The van der Waals surface area contributed by atoms with E-state index in [0.717, 1.165) is 30.3 Å². The first kappa shape index (κ1) is 27.8. The molecule has 2 heterocycles. The second-order valence-electron chi connectivity index (χ2n) is 10.5. The third-order valence-electron chi connectivity index (χ3n) is 7.77. The summed E-state index contributed by atoms with van der Waals surface area (Å²) in [5.74, 6) is -6.69.